The van der Waals surface area contributed by atoms with Gasteiger partial charge >= 0.3 is 5.76 Å². The molecule has 1 aromatic carbocycles. The molecule has 0 radical (unpaired) electrons. The number of benzene rings is 1. The summed E-state index contributed by atoms with van der Waals surface area (Å²) in [6.07, 6.45) is 0.571. The third kappa shape index (κ3) is 2.78. The van der Waals surface area contributed by atoms with Crippen molar-refractivity contribution in [1.82, 2.24) is 9.47 Å². The molecule has 1 amide bonds. The molecule has 1 saturated heterocycles. The Bertz CT molecular complexity index is 733. The minimum atomic E-state index is -0.463. The van der Waals surface area contributed by atoms with Crippen LogP contribution in [0.1, 0.15) is 19.8 Å². The van der Waals surface area contributed by atoms with E-state index in [-0.39, 0.29) is 24.8 Å². The van der Waals surface area contributed by atoms with Crippen molar-refractivity contribution in [2.24, 2.45) is 5.92 Å². The molecule has 2 aromatic rings. The Morgan fingerprint density at radius 2 is 2.18 bits per heavy atom. The van der Waals surface area contributed by atoms with Gasteiger partial charge in [0.25, 0.3) is 0 Å². The quantitative estimate of drug-likeness (QED) is 0.925. The maximum absolute atomic E-state index is 12.3. The van der Waals surface area contributed by atoms with Gasteiger partial charge in [0.15, 0.2) is 5.58 Å². The minimum absolute atomic E-state index is 0.0388. The highest BCUT2D eigenvalue weighted by Gasteiger charge is 2.27. The second kappa shape index (κ2) is 5.96. The number of hydrogen-bond acceptors (Lipinski definition) is 4. The van der Waals surface area contributed by atoms with Crippen molar-refractivity contribution in [3.05, 3.63) is 34.8 Å². The number of fused-ring (bicyclic) bond motifs is 1. The molecule has 0 bridgehead atoms. The van der Waals surface area contributed by atoms with Crippen LogP contribution in [0.2, 0.25) is 0 Å². The van der Waals surface area contributed by atoms with E-state index in [0.29, 0.717) is 24.2 Å². The van der Waals surface area contributed by atoms with Crippen LogP contribution in [0.4, 0.5) is 0 Å². The number of aliphatic hydroxyl groups excluding tert-OH is 1. The predicted molar refractivity (Wildman–Crippen MR) is 81.5 cm³/mol. The zero-order valence-corrected chi connectivity index (χ0v) is 12.6. The van der Waals surface area contributed by atoms with Gasteiger partial charge in [0.2, 0.25) is 5.91 Å². The van der Waals surface area contributed by atoms with E-state index in [4.69, 9.17) is 4.42 Å². The smallest absolute Gasteiger partial charge is 0.408 e. The Labute approximate surface area is 127 Å². The number of amides is 1. The Morgan fingerprint density at radius 1 is 1.41 bits per heavy atom. The molecule has 1 fully saturated rings. The molecular formula is C16H20N2O4. The summed E-state index contributed by atoms with van der Waals surface area (Å²) < 4.78 is 6.63. The Kier molecular flexibility index (Phi) is 4.02. The molecular weight excluding hydrogens is 284 g/mol. The molecule has 2 unspecified atom stereocenters. The van der Waals surface area contributed by atoms with Gasteiger partial charge in [-0.05, 0) is 24.5 Å². The third-order valence-electron chi connectivity index (χ3n) is 4.39. The van der Waals surface area contributed by atoms with E-state index in [1.807, 2.05) is 13.0 Å². The van der Waals surface area contributed by atoms with Crippen molar-refractivity contribution in [1.29, 1.82) is 0 Å². The van der Waals surface area contributed by atoms with Crippen LogP contribution in [0.25, 0.3) is 11.1 Å². The summed E-state index contributed by atoms with van der Waals surface area (Å²) in [5.74, 6) is -0.256. The first-order valence-electron chi connectivity index (χ1n) is 7.60. The van der Waals surface area contributed by atoms with Gasteiger partial charge < -0.3 is 14.4 Å². The first-order valence-corrected chi connectivity index (χ1v) is 7.60. The van der Waals surface area contributed by atoms with Crippen molar-refractivity contribution in [3.63, 3.8) is 0 Å². The lowest BCUT2D eigenvalue weighted by Crippen LogP contribution is -2.46. The highest BCUT2D eigenvalue weighted by Crippen LogP contribution is 2.18. The SMILES string of the molecule is CC1CCN(C(=O)CCn2c(=O)oc3ccccc32)CC1O. The van der Waals surface area contributed by atoms with E-state index in [1.54, 1.807) is 23.1 Å². The first-order chi connectivity index (χ1) is 10.6. The Balaban J connectivity index is 1.68. The fourth-order valence-electron chi connectivity index (χ4n) is 2.87. The van der Waals surface area contributed by atoms with Crippen LogP contribution in [0.5, 0.6) is 0 Å². The third-order valence-corrected chi connectivity index (χ3v) is 4.39. The van der Waals surface area contributed by atoms with Crippen LogP contribution in [-0.4, -0.2) is 39.7 Å². The van der Waals surface area contributed by atoms with Gasteiger partial charge in [0.1, 0.15) is 0 Å². The van der Waals surface area contributed by atoms with Crippen LogP contribution in [0, 0.1) is 5.92 Å². The molecule has 0 saturated carbocycles. The van der Waals surface area contributed by atoms with E-state index in [2.05, 4.69) is 0 Å². The molecule has 22 heavy (non-hydrogen) atoms. The van der Waals surface area contributed by atoms with E-state index in [9.17, 15) is 14.7 Å². The minimum Gasteiger partial charge on any atom is -0.408 e. The number of carbonyl (C=O) groups excluding carboxylic acids is 1. The Hall–Kier alpha value is -2.08. The van der Waals surface area contributed by atoms with Crippen LogP contribution < -0.4 is 5.76 Å². The molecule has 1 aliphatic heterocycles. The average Bonchev–Trinajstić information content (AvgIpc) is 2.83. The van der Waals surface area contributed by atoms with Crippen molar-refractivity contribution in [2.75, 3.05) is 13.1 Å². The number of oxazole rings is 1. The number of β-amino-alcohol motifs (C(OH)–C–C–N with tert-alkyl or cyclic N) is 1. The normalized spacial score (nSPS) is 22.2. The van der Waals surface area contributed by atoms with Gasteiger partial charge in [-0.15, -0.1) is 0 Å². The molecule has 6 heteroatoms. The highest BCUT2D eigenvalue weighted by molar-refractivity contribution is 5.77. The first kappa shape index (κ1) is 14.8. The lowest BCUT2D eigenvalue weighted by molar-refractivity contribution is -0.135. The number of carbonyl (C=O) groups is 1. The number of para-hydroxylation sites is 2. The maximum atomic E-state index is 12.3. The number of piperidine rings is 1. The van der Waals surface area contributed by atoms with Gasteiger partial charge in [-0.1, -0.05) is 19.1 Å². The second-order valence-corrected chi connectivity index (χ2v) is 5.91. The van der Waals surface area contributed by atoms with Crippen molar-refractivity contribution < 1.29 is 14.3 Å². The summed E-state index contributed by atoms with van der Waals surface area (Å²) in [4.78, 5) is 25.8. The maximum Gasteiger partial charge on any atom is 0.419 e. The second-order valence-electron chi connectivity index (χ2n) is 5.91. The molecule has 1 aromatic heterocycles. The molecule has 2 heterocycles. The van der Waals surface area contributed by atoms with Crippen molar-refractivity contribution >= 4 is 17.0 Å². The molecule has 3 rings (SSSR count). The monoisotopic (exact) mass is 304 g/mol. The molecule has 1 N–H and O–H groups in total. The highest BCUT2D eigenvalue weighted by atomic mass is 16.4. The van der Waals surface area contributed by atoms with E-state index >= 15 is 0 Å². The van der Waals surface area contributed by atoms with Gasteiger partial charge in [0, 0.05) is 26.1 Å². The van der Waals surface area contributed by atoms with Crippen molar-refractivity contribution in [2.45, 2.75) is 32.4 Å². The van der Waals surface area contributed by atoms with Crippen LogP contribution in [-0.2, 0) is 11.3 Å². The zero-order chi connectivity index (χ0) is 15.7. The molecule has 0 spiro atoms. The summed E-state index contributed by atoms with van der Waals surface area (Å²) >= 11 is 0. The summed E-state index contributed by atoms with van der Waals surface area (Å²) in [5.41, 5.74) is 1.23. The molecule has 118 valence electrons. The van der Waals surface area contributed by atoms with Crippen LogP contribution >= 0.6 is 0 Å². The largest absolute Gasteiger partial charge is 0.419 e. The topological polar surface area (TPSA) is 75.7 Å². The van der Waals surface area contributed by atoms with Gasteiger partial charge in [0.05, 0.1) is 11.6 Å². The number of aryl methyl sites for hydroxylation is 1. The molecule has 1 aliphatic rings. The lowest BCUT2D eigenvalue weighted by Gasteiger charge is -2.34. The zero-order valence-electron chi connectivity index (χ0n) is 12.6. The summed E-state index contributed by atoms with van der Waals surface area (Å²) in [6.45, 7) is 3.32. The number of likely N-dealkylation sites (tertiary alicyclic amines) is 1. The number of nitrogens with zero attached hydrogens (tertiary/aromatic N) is 2. The fraction of sp³-hybridized carbons (Fsp3) is 0.500. The summed E-state index contributed by atoms with van der Waals surface area (Å²) in [5, 5.41) is 9.87. The predicted octanol–water partition coefficient (Wildman–Crippen LogP) is 1.21. The average molecular weight is 304 g/mol. The fourth-order valence-corrected chi connectivity index (χ4v) is 2.87. The van der Waals surface area contributed by atoms with Gasteiger partial charge in [-0.25, -0.2) is 4.79 Å². The number of aliphatic hydroxyl groups is 1. The molecule has 0 aliphatic carbocycles. The number of rotatable bonds is 3. The van der Waals surface area contributed by atoms with E-state index < -0.39 is 11.9 Å². The Morgan fingerprint density at radius 3 is 2.95 bits per heavy atom. The van der Waals surface area contributed by atoms with Gasteiger partial charge in [-0.2, -0.15) is 0 Å². The molecule has 6 nitrogen and oxygen atoms in total. The molecule has 2 atom stereocenters. The van der Waals surface area contributed by atoms with Gasteiger partial charge in [-0.3, -0.25) is 9.36 Å². The lowest BCUT2D eigenvalue weighted by atomic mass is 9.96. The van der Waals surface area contributed by atoms with E-state index in [0.717, 1.165) is 6.42 Å². The summed E-state index contributed by atoms with van der Waals surface area (Å²) in [7, 11) is 0. The number of aromatic nitrogens is 1. The van der Waals surface area contributed by atoms with Crippen LogP contribution in [0.15, 0.2) is 33.5 Å². The van der Waals surface area contributed by atoms with Crippen LogP contribution in [0.3, 0.4) is 0 Å². The standard InChI is InChI=1S/C16H20N2O4/c1-11-6-8-17(10-13(11)19)15(20)7-9-18-12-4-2-3-5-14(12)22-16(18)21/h2-5,11,13,19H,6-10H2,1H3. The summed E-state index contributed by atoms with van der Waals surface area (Å²) in [6, 6.07) is 7.17. The van der Waals surface area contributed by atoms with Crippen molar-refractivity contribution in [3.8, 4) is 0 Å². The number of hydrogen-bond donors (Lipinski definition) is 1. The van der Waals surface area contributed by atoms with E-state index in [1.165, 1.54) is 4.57 Å².